The molecule has 0 spiro atoms. The second-order valence-corrected chi connectivity index (χ2v) is 8.85. The molecule has 1 N–H and O–H groups in total. The molecule has 0 atom stereocenters. The Labute approximate surface area is 173 Å². The van der Waals surface area contributed by atoms with Gasteiger partial charge in [0.15, 0.2) is 11.2 Å². The first-order chi connectivity index (χ1) is 14.1. The van der Waals surface area contributed by atoms with Crippen LogP contribution in [0.1, 0.15) is 18.9 Å². The Bertz CT molecular complexity index is 1400. The van der Waals surface area contributed by atoms with E-state index in [1.807, 2.05) is 24.3 Å². The van der Waals surface area contributed by atoms with Gasteiger partial charge in [0.2, 0.25) is 15.0 Å². The fraction of sp³-hybridized carbons (Fsp3) is 0.350. The predicted octanol–water partition coefficient (Wildman–Crippen LogP) is 0.711. The predicted molar refractivity (Wildman–Crippen MR) is 115 cm³/mol. The van der Waals surface area contributed by atoms with Crippen LogP contribution in [0.4, 0.5) is 5.69 Å². The molecule has 0 radical (unpaired) electrons. The van der Waals surface area contributed by atoms with Gasteiger partial charge in [-0.1, -0.05) is 24.8 Å². The summed E-state index contributed by atoms with van der Waals surface area (Å²) in [5.41, 5.74) is 0.525. The zero-order valence-corrected chi connectivity index (χ0v) is 18.1. The van der Waals surface area contributed by atoms with Crippen LogP contribution in [0.2, 0.25) is 0 Å². The van der Waals surface area contributed by atoms with Crippen molar-refractivity contribution >= 4 is 26.7 Å². The Morgan fingerprint density at radius 2 is 1.90 bits per heavy atom. The number of sulfone groups is 1. The number of aromatic nitrogens is 4. The maximum atomic E-state index is 12.6. The molecule has 9 nitrogen and oxygen atoms in total. The molecule has 3 rings (SSSR count). The van der Waals surface area contributed by atoms with Crippen LogP contribution in [-0.2, 0) is 30.5 Å². The lowest BCUT2D eigenvalue weighted by Gasteiger charge is -2.06. The Morgan fingerprint density at radius 3 is 2.57 bits per heavy atom. The number of benzene rings is 1. The molecule has 0 aliphatic rings. The Morgan fingerprint density at radius 1 is 1.17 bits per heavy atom. The van der Waals surface area contributed by atoms with Crippen LogP contribution in [0.25, 0.3) is 11.2 Å². The van der Waals surface area contributed by atoms with E-state index in [9.17, 15) is 18.0 Å². The van der Waals surface area contributed by atoms with Crippen LogP contribution in [0, 0.1) is 11.8 Å². The van der Waals surface area contributed by atoms with E-state index in [1.54, 1.807) is 0 Å². The molecule has 0 bridgehead atoms. The van der Waals surface area contributed by atoms with Gasteiger partial charge in [-0.05, 0) is 24.6 Å². The number of fused-ring (bicyclic) bond motifs is 1. The number of rotatable bonds is 5. The van der Waals surface area contributed by atoms with Crippen molar-refractivity contribution in [2.75, 3.05) is 18.1 Å². The van der Waals surface area contributed by atoms with Gasteiger partial charge in [0.1, 0.15) is 0 Å². The molecule has 2 aromatic heterocycles. The van der Waals surface area contributed by atoms with Crippen molar-refractivity contribution in [1.29, 1.82) is 0 Å². The van der Waals surface area contributed by atoms with E-state index in [2.05, 4.69) is 29.1 Å². The van der Waals surface area contributed by atoms with Gasteiger partial charge >= 0.3 is 5.69 Å². The van der Waals surface area contributed by atoms with Gasteiger partial charge < -0.3 is 9.88 Å². The molecule has 0 saturated carbocycles. The van der Waals surface area contributed by atoms with E-state index in [-0.39, 0.29) is 22.9 Å². The Hall–Kier alpha value is -3.32. The number of imidazole rings is 1. The smallest absolute Gasteiger partial charge is 0.333 e. The van der Waals surface area contributed by atoms with E-state index in [0.717, 1.165) is 35.0 Å². The van der Waals surface area contributed by atoms with Crippen molar-refractivity contribution in [1.82, 2.24) is 18.7 Å². The van der Waals surface area contributed by atoms with Crippen molar-refractivity contribution in [3.63, 3.8) is 0 Å². The standard InChI is InChI=1S/C20H23N5O4S/c1-5-11-21-15-10-6-8-14(13-15)9-7-12-25-17-16(18(26)24(3)20(25)27)23(2)19(22-17)30(4,28)29/h6,8,10,13,21H,5,11-12H2,1-4H3. The lowest BCUT2D eigenvalue weighted by atomic mass is 10.2. The molecule has 0 aliphatic heterocycles. The summed E-state index contributed by atoms with van der Waals surface area (Å²) in [5.74, 6) is 5.92. The minimum absolute atomic E-state index is 0.00121. The minimum Gasteiger partial charge on any atom is -0.385 e. The quantitative estimate of drug-likeness (QED) is 0.599. The van der Waals surface area contributed by atoms with E-state index < -0.39 is 21.1 Å². The second-order valence-electron chi connectivity index (χ2n) is 6.94. The highest BCUT2D eigenvalue weighted by Gasteiger charge is 2.23. The molecular formula is C20H23N5O4S. The summed E-state index contributed by atoms with van der Waals surface area (Å²) < 4.78 is 27.3. The van der Waals surface area contributed by atoms with Crippen LogP contribution < -0.4 is 16.6 Å². The molecule has 3 aromatic rings. The van der Waals surface area contributed by atoms with Gasteiger partial charge in [0.05, 0.1) is 6.54 Å². The first-order valence-electron chi connectivity index (χ1n) is 9.34. The maximum Gasteiger partial charge on any atom is 0.333 e. The molecule has 0 amide bonds. The number of anilines is 1. The largest absolute Gasteiger partial charge is 0.385 e. The third-order valence-electron chi connectivity index (χ3n) is 4.56. The highest BCUT2D eigenvalue weighted by molar-refractivity contribution is 7.90. The normalized spacial score (nSPS) is 11.3. The van der Waals surface area contributed by atoms with E-state index in [0.29, 0.717) is 0 Å². The fourth-order valence-electron chi connectivity index (χ4n) is 3.08. The Balaban J connectivity index is 2.07. The zero-order valence-electron chi connectivity index (χ0n) is 17.3. The average Bonchev–Trinajstić information content (AvgIpc) is 3.05. The van der Waals surface area contributed by atoms with Gasteiger partial charge in [0, 0.05) is 38.1 Å². The number of hydrogen-bond acceptors (Lipinski definition) is 6. The number of hydrogen-bond donors (Lipinski definition) is 1. The molecule has 10 heteroatoms. The lowest BCUT2D eigenvalue weighted by Crippen LogP contribution is -2.38. The first-order valence-corrected chi connectivity index (χ1v) is 11.2. The van der Waals surface area contributed by atoms with E-state index in [1.165, 1.54) is 23.2 Å². The maximum absolute atomic E-state index is 12.6. The number of aryl methyl sites for hydroxylation is 1. The lowest BCUT2D eigenvalue weighted by molar-refractivity contribution is 0.586. The summed E-state index contributed by atoms with van der Waals surface area (Å²) in [7, 11) is -0.915. The van der Waals surface area contributed by atoms with Crippen LogP contribution in [0.5, 0.6) is 0 Å². The molecule has 0 unspecified atom stereocenters. The number of nitrogens with zero attached hydrogens (tertiary/aromatic N) is 4. The van der Waals surface area contributed by atoms with Crippen LogP contribution >= 0.6 is 0 Å². The topological polar surface area (TPSA) is 108 Å². The fourth-order valence-corrected chi connectivity index (χ4v) is 3.92. The average molecular weight is 430 g/mol. The van der Waals surface area contributed by atoms with E-state index >= 15 is 0 Å². The van der Waals surface area contributed by atoms with Crippen molar-refractivity contribution in [2.45, 2.75) is 25.0 Å². The molecule has 158 valence electrons. The SMILES string of the molecule is CCCNc1cccc(C#CCn2c(=O)n(C)c(=O)c3c2nc(S(C)(=O)=O)n3C)c1. The summed E-state index contributed by atoms with van der Waals surface area (Å²) in [6.07, 6.45) is 2.00. The van der Waals surface area contributed by atoms with Crippen LogP contribution in [0.3, 0.4) is 0 Å². The van der Waals surface area contributed by atoms with Gasteiger partial charge in [-0.15, -0.1) is 0 Å². The molecule has 0 saturated heterocycles. The summed E-state index contributed by atoms with van der Waals surface area (Å²) in [6.45, 7) is 2.88. The summed E-state index contributed by atoms with van der Waals surface area (Å²) >= 11 is 0. The minimum atomic E-state index is -3.69. The molecule has 1 aromatic carbocycles. The van der Waals surface area contributed by atoms with Crippen molar-refractivity contribution in [3.8, 4) is 11.8 Å². The van der Waals surface area contributed by atoms with Crippen molar-refractivity contribution in [2.24, 2.45) is 14.1 Å². The molecule has 2 heterocycles. The van der Waals surface area contributed by atoms with Gasteiger partial charge in [-0.25, -0.2) is 13.2 Å². The first kappa shape index (κ1) is 21.4. The van der Waals surface area contributed by atoms with E-state index in [4.69, 9.17) is 0 Å². The van der Waals surface area contributed by atoms with Crippen LogP contribution in [0.15, 0.2) is 39.0 Å². The van der Waals surface area contributed by atoms with Crippen molar-refractivity contribution in [3.05, 3.63) is 50.7 Å². The van der Waals surface area contributed by atoms with Crippen molar-refractivity contribution < 1.29 is 8.42 Å². The third kappa shape index (κ3) is 4.02. The summed E-state index contributed by atoms with van der Waals surface area (Å²) in [4.78, 5) is 29.2. The van der Waals surface area contributed by atoms with Crippen LogP contribution in [-0.4, -0.2) is 39.9 Å². The number of nitrogens with one attached hydrogen (secondary N) is 1. The molecule has 0 aliphatic carbocycles. The molecule has 30 heavy (non-hydrogen) atoms. The molecular weight excluding hydrogens is 406 g/mol. The molecule has 0 fully saturated rings. The highest BCUT2D eigenvalue weighted by atomic mass is 32.2. The highest BCUT2D eigenvalue weighted by Crippen LogP contribution is 2.14. The summed E-state index contributed by atoms with van der Waals surface area (Å²) in [6, 6.07) is 7.59. The van der Waals surface area contributed by atoms with Gasteiger partial charge in [0.25, 0.3) is 5.56 Å². The third-order valence-corrected chi connectivity index (χ3v) is 5.59. The monoisotopic (exact) mass is 429 g/mol. The Kier molecular flexibility index (Phi) is 5.85. The second kappa shape index (κ2) is 8.20. The zero-order chi connectivity index (χ0) is 22.1. The summed E-state index contributed by atoms with van der Waals surface area (Å²) in [5, 5.41) is 3.00. The van der Waals surface area contributed by atoms with Gasteiger partial charge in [-0.3, -0.25) is 13.9 Å². The van der Waals surface area contributed by atoms with Gasteiger partial charge in [-0.2, -0.15) is 4.98 Å².